The van der Waals surface area contributed by atoms with Gasteiger partial charge >= 0.3 is 0 Å². The molecule has 0 bridgehead atoms. The van der Waals surface area contributed by atoms with Crippen molar-refractivity contribution >= 4 is 16.7 Å². The van der Waals surface area contributed by atoms with E-state index in [0.717, 1.165) is 16.7 Å². The van der Waals surface area contributed by atoms with Crippen molar-refractivity contribution in [1.82, 2.24) is 4.98 Å². The molecule has 4 heteroatoms. The van der Waals surface area contributed by atoms with Gasteiger partial charge in [0.05, 0.1) is 0 Å². The number of carbonyl (C=O) groups is 1. The van der Waals surface area contributed by atoms with E-state index < -0.39 is 6.10 Å². The lowest BCUT2D eigenvalue weighted by molar-refractivity contribution is 0.0826. The maximum absolute atomic E-state index is 13.2. The molecule has 1 unspecified atom stereocenters. The SMILES string of the molecule is O=C(c1c[nH]c2cc(F)ccc12)C1Cc2ccccc2O1. The number of para-hydroxylation sites is 1. The van der Waals surface area contributed by atoms with E-state index in [9.17, 15) is 9.18 Å². The first-order valence-electron chi connectivity index (χ1n) is 6.78. The second kappa shape index (κ2) is 4.45. The van der Waals surface area contributed by atoms with Crippen LogP contribution in [0.4, 0.5) is 4.39 Å². The highest BCUT2D eigenvalue weighted by Crippen LogP contribution is 2.31. The number of aromatic amines is 1. The zero-order valence-electron chi connectivity index (χ0n) is 11.1. The number of Topliss-reactive ketones (excluding diaryl/α,β-unsaturated/α-hetero) is 1. The molecule has 3 aromatic rings. The summed E-state index contributed by atoms with van der Waals surface area (Å²) in [4.78, 5) is 15.6. The second-order valence-electron chi connectivity index (χ2n) is 5.17. The number of aromatic nitrogens is 1. The summed E-state index contributed by atoms with van der Waals surface area (Å²) in [5.41, 5.74) is 2.21. The Labute approximate surface area is 120 Å². The number of rotatable bonds is 2. The summed E-state index contributed by atoms with van der Waals surface area (Å²) in [5, 5.41) is 0.723. The quantitative estimate of drug-likeness (QED) is 0.730. The summed E-state index contributed by atoms with van der Waals surface area (Å²) in [6, 6.07) is 12.0. The number of nitrogens with one attached hydrogen (secondary N) is 1. The molecule has 4 rings (SSSR count). The van der Waals surface area contributed by atoms with Crippen molar-refractivity contribution in [3.63, 3.8) is 0 Å². The van der Waals surface area contributed by atoms with Gasteiger partial charge in [0.25, 0.3) is 0 Å². The van der Waals surface area contributed by atoms with E-state index in [1.807, 2.05) is 24.3 Å². The Bertz CT molecular complexity index is 828. The molecule has 1 aliphatic rings. The van der Waals surface area contributed by atoms with Crippen molar-refractivity contribution in [3.8, 4) is 5.75 Å². The summed E-state index contributed by atoms with van der Waals surface area (Å²) in [5.74, 6) is 0.360. The fraction of sp³-hybridized carbons (Fsp3) is 0.118. The monoisotopic (exact) mass is 281 g/mol. The molecule has 21 heavy (non-hydrogen) atoms. The minimum atomic E-state index is -0.508. The molecule has 0 fully saturated rings. The summed E-state index contributed by atoms with van der Waals surface area (Å²) in [7, 11) is 0. The Morgan fingerprint density at radius 3 is 2.95 bits per heavy atom. The number of hydrogen-bond acceptors (Lipinski definition) is 2. The van der Waals surface area contributed by atoms with Gasteiger partial charge in [-0.1, -0.05) is 18.2 Å². The van der Waals surface area contributed by atoms with Gasteiger partial charge in [-0.3, -0.25) is 4.79 Å². The topological polar surface area (TPSA) is 42.1 Å². The number of ketones is 1. The highest BCUT2D eigenvalue weighted by molar-refractivity contribution is 6.10. The highest BCUT2D eigenvalue weighted by Gasteiger charge is 2.30. The molecule has 104 valence electrons. The van der Waals surface area contributed by atoms with Gasteiger partial charge in [0.2, 0.25) is 5.78 Å². The van der Waals surface area contributed by atoms with E-state index in [4.69, 9.17) is 4.74 Å². The first kappa shape index (κ1) is 12.1. The molecule has 1 atom stereocenters. The Kier molecular flexibility index (Phi) is 2.57. The van der Waals surface area contributed by atoms with Crippen LogP contribution < -0.4 is 4.74 Å². The van der Waals surface area contributed by atoms with Gasteiger partial charge in [-0.05, 0) is 29.8 Å². The van der Waals surface area contributed by atoms with Gasteiger partial charge in [-0.25, -0.2) is 4.39 Å². The zero-order chi connectivity index (χ0) is 14.4. The minimum absolute atomic E-state index is 0.0796. The zero-order valence-corrected chi connectivity index (χ0v) is 11.1. The first-order chi connectivity index (χ1) is 10.2. The van der Waals surface area contributed by atoms with Crippen molar-refractivity contribution in [2.24, 2.45) is 0 Å². The van der Waals surface area contributed by atoms with Crippen LogP contribution in [0.25, 0.3) is 10.9 Å². The van der Waals surface area contributed by atoms with Crippen molar-refractivity contribution in [1.29, 1.82) is 0 Å². The Balaban J connectivity index is 1.69. The molecule has 0 amide bonds. The molecule has 2 aromatic carbocycles. The summed E-state index contributed by atoms with van der Waals surface area (Å²) >= 11 is 0. The van der Waals surface area contributed by atoms with Crippen molar-refractivity contribution in [2.45, 2.75) is 12.5 Å². The molecular weight excluding hydrogens is 269 g/mol. The molecule has 1 N–H and O–H groups in total. The van der Waals surface area contributed by atoms with Gasteiger partial charge in [-0.15, -0.1) is 0 Å². The molecule has 3 nitrogen and oxygen atoms in total. The van der Waals surface area contributed by atoms with E-state index in [0.29, 0.717) is 17.5 Å². The number of hydrogen-bond donors (Lipinski definition) is 1. The molecule has 0 aliphatic carbocycles. The summed E-state index contributed by atoms with van der Waals surface area (Å²) < 4.78 is 18.9. The van der Waals surface area contributed by atoms with Crippen LogP contribution in [0.2, 0.25) is 0 Å². The highest BCUT2D eigenvalue weighted by atomic mass is 19.1. The molecule has 0 radical (unpaired) electrons. The molecule has 0 saturated heterocycles. The number of ether oxygens (including phenoxy) is 1. The average molecular weight is 281 g/mol. The van der Waals surface area contributed by atoms with Crippen LogP contribution in [-0.2, 0) is 6.42 Å². The van der Waals surface area contributed by atoms with Crippen molar-refractivity contribution < 1.29 is 13.9 Å². The maximum atomic E-state index is 13.2. The molecule has 2 heterocycles. The van der Waals surface area contributed by atoms with Crippen molar-refractivity contribution in [2.75, 3.05) is 0 Å². The first-order valence-corrected chi connectivity index (χ1v) is 6.78. The summed E-state index contributed by atoms with van der Waals surface area (Å²) in [6.07, 6.45) is 1.69. The smallest absolute Gasteiger partial charge is 0.205 e. The molecule has 0 saturated carbocycles. The van der Waals surface area contributed by atoms with Crippen LogP contribution in [0.3, 0.4) is 0 Å². The third kappa shape index (κ3) is 1.91. The number of benzene rings is 2. The number of halogens is 1. The van der Waals surface area contributed by atoms with Crippen LogP contribution in [0, 0.1) is 5.82 Å². The normalized spacial score (nSPS) is 16.7. The van der Waals surface area contributed by atoms with Gasteiger partial charge in [0.15, 0.2) is 6.10 Å². The second-order valence-corrected chi connectivity index (χ2v) is 5.17. The number of fused-ring (bicyclic) bond motifs is 2. The predicted octanol–water partition coefficient (Wildman–Crippen LogP) is 3.49. The lowest BCUT2D eigenvalue weighted by atomic mass is 10.0. The van der Waals surface area contributed by atoms with Gasteiger partial charge in [0, 0.05) is 29.1 Å². The molecule has 1 aliphatic heterocycles. The summed E-state index contributed by atoms with van der Waals surface area (Å²) in [6.45, 7) is 0. The Morgan fingerprint density at radius 2 is 2.10 bits per heavy atom. The third-order valence-corrected chi connectivity index (χ3v) is 3.85. The Hall–Kier alpha value is -2.62. The number of carbonyl (C=O) groups excluding carboxylic acids is 1. The van der Waals surface area contributed by atoms with Crippen molar-refractivity contribution in [3.05, 3.63) is 65.6 Å². The van der Waals surface area contributed by atoms with Crippen LogP contribution in [-0.4, -0.2) is 16.9 Å². The van der Waals surface area contributed by atoms with Gasteiger partial charge in [-0.2, -0.15) is 0 Å². The average Bonchev–Trinajstić information content (AvgIpc) is 3.09. The van der Waals surface area contributed by atoms with E-state index in [-0.39, 0.29) is 11.6 Å². The maximum Gasteiger partial charge on any atom is 0.205 e. The standard InChI is InChI=1S/C17H12FNO2/c18-11-5-6-12-13(9-19-14(12)8-11)17(20)16-7-10-3-1-2-4-15(10)21-16/h1-6,8-9,16,19H,7H2. The third-order valence-electron chi connectivity index (χ3n) is 3.85. The lowest BCUT2D eigenvalue weighted by Gasteiger charge is -2.08. The number of H-pyrrole nitrogens is 1. The van der Waals surface area contributed by atoms with E-state index >= 15 is 0 Å². The predicted molar refractivity (Wildman–Crippen MR) is 77.1 cm³/mol. The van der Waals surface area contributed by atoms with E-state index in [1.54, 1.807) is 12.3 Å². The van der Waals surface area contributed by atoms with Crippen LogP contribution in [0.1, 0.15) is 15.9 Å². The lowest BCUT2D eigenvalue weighted by Crippen LogP contribution is -2.25. The van der Waals surface area contributed by atoms with Gasteiger partial charge in [0.1, 0.15) is 11.6 Å². The minimum Gasteiger partial charge on any atom is -0.482 e. The fourth-order valence-corrected chi connectivity index (χ4v) is 2.80. The molecule has 1 aromatic heterocycles. The van der Waals surface area contributed by atoms with Crippen LogP contribution in [0.5, 0.6) is 5.75 Å². The van der Waals surface area contributed by atoms with Crippen LogP contribution in [0.15, 0.2) is 48.7 Å². The largest absolute Gasteiger partial charge is 0.482 e. The van der Waals surface area contributed by atoms with E-state index in [1.165, 1.54) is 12.1 Å². The molecule has 0 spiro atoms. The van der Waals surface area contributed by atoms with Gasteiger partial charge < -0.3 is 9.72 Å². The van der Waals surface area contributed by atoms with Crippen LogP contribution >= 0.6 is 0 Å². The molecular formula is C17H12FNO2. The fourth-order valence-electron chi connectivity index (χ4n) is 2.80. The van der Waals surface area contributed by atoms with E-state index in [2.05, 4.69) is 4.98 Å². The Morgan fingerprint density at radius 1 is 1.24 bits per heavy atom.